The number of furan rings is 1. The van der Waals surface area contributed by atoms with Crippen LogP contribution in [-0.4, -0.2) is 16.8 Å². The number of carbonyl (C=O) groups excluding carboxylic acids is 1. The molecule has 0 radical (unpaired) electrons. The first-order valence-electron chi connectivity index (χ1n) is 4.99. The third-order valence-corrected chi connectivity index (χ3v) is 2.50. The van der Waals surface area contributed by atoms with Crippen molar-refractivity contribution in [3.8, 4) is 0 Å². The van der Waals surface area contributed by atoms with Crippen molar-refractivity contribution in [1.82, 2.24) is 5.32 Å². The second kappa shape index (κ2) is 5.35. The largest absolute Gasteiger partial charge is 0.459 e. The fourth-order valence-electron chi connectivity index (χ4n) is 1.44. The first kappa shape index (κ1) is 12.3. The lowest BCUT2D eigenvalue weighted by atomic mass is 10.2. The Hall–Kier alpha value is -0.770. The molecule has 1 aromatic heterocycles. The molecule has 2 atom stereocenters. The molecule has 0 aromatic carbocycles. The zero-order valence-electron chi connectivity index (χ0n) is 9.21. The summed E-state index contributed by atoms with van der Waals surface area (Å²) in [6.07, 6.45) is 2.42. The molecular formula is C11H16BrNO2. The Labute approximate surface area is 98.4 Å². The smallest absolute Gasteiger partial charge is 0.287 e. The zero-order valence-corrected chi connectivity index (χ0v) is 10.8. The normalized spacial score (nSPS) is 14.7. The molecule has 0 spiro atoms. The summed E-state index contributed by atoms with van der Waals surface area (Å²) < 4.78 is 5.11. The molecular weight excluding hydrogens is 258 g/mol. The van der Waals surface area contributed by atoms with Crippen LogP contribution in [0.25, 0.3) is 0 Å². The topological polar surface area (TPSA) is 42.2 Å². The van der Waals surface area contributed by atoms with Gasteiger partial charge in [0.2, 0.25) is 0 Å². The summed E-state index contributed by atoms with van der Waals surface area (Å²) in [7, 11) is 0. The van der Waals surface area contributed by atoms with Gasteiger partial charge in [-0.05, 0) is 26.3 Å². The van der Waals surface area contributed by atoms with Crippen LogP contribution >= 0.6 is 15.9 Å². The second-order valence-electron chi connectivity index (χ2n) is 3.82. The van der Waals surface area contributed by atoms with Gasteiger partial charge in [0.25, 0.3) is 5.91 Å². The van der Waals surface area contributed by atoms with Gasteiger partial charge in [-0.25, -0.2) is 0 Å². The molecule has 0 aliphatic rings. The van der Waals surface area contributed by atoms with Crippen LogP contribution in [0, 0.1) is 6.92 Å². The first-order chi connectivity index (χ1) is 7.00. The summed E-state index contributed by atoms with van der Waals surface area (Å²) in [5.74, 6) is 0.266. The third kappa shape index (κ3) is 3.70. The summed E-state index contributed by atoms with van der Waals surface area (Å²) in [6, 6.07) is 1.92. The van der Waals surface area contributed by atoms with Gasteiger partial charge in [0, 0.05) is 16.4 Å². The maximum atomic E-state index is 11.7. The number of aryl methyl sites for hydroxylation is 1. The molecule has 0 aliphatic heterocycles. The number of carbonyl (C=O) groups is 1. The highest BCUT2D eigenvalue weighted by Gasteiger charge is 2.15. The minimum atomic E-state index is -0.141. The number of hydrogen-bond donors (Lipinski definition) is 1. The van der Waals surface area contributed by atoms with Crippen molar-refractivity contribution in [3.63, 3.8) is 0 Å². The molecule has 1 N–H and O–H groups in total. The van der Waals surface area contributed by atoms with Gasteiger partial charge in [-0.3, -0.25) is 4.79 Å². The molecule has 4 heteroatoms. The zero-order chi connectivity index (χ0) is 11.4. The van der Waals surface area contributed by atoms with Gasteiger partial charge in [-0.1, -0.05) is 22.9 Å². The molecule has 0 bridgehead atoms. The van der Waals surface area contributed by atoms with Gasteiger partial charge in [-0.15, -0.1) is 0 Å². The van der Waals surface area contributed by atoms with Crippen LogP contribution < -0.4 is 5.32 Å². The van der Waals surface area contributed by atoms with E-state index in [9.17, 15) is 4.79 Å². The quantitative estimate of drug-likeness (QED) is 0.858. The number of alkyl halides is 1. The Bertz CT molecular complexity index is 333. The third-order valence-electron chi connectivity index (χ3n) is 2.12. The summed E-state index contributed by atoms with van der Waals surface area (Å²) in [4.78, 5) is 12.1. The molecule has 0 fully saturated rings. The highest BCUT2D eigenvalue weighted by atomic mass is 79.9. The number of nitrogens with one attached hydrogen (secondary N) is 1. The van der Waals surface area contributed by atoms with E-state index in [4.69, 9.17) is 4.42 Å². The lowest BCUT2D eigenvalue weighted by molar-refractivity contribution is 0.0910. The standard InChI is InChI=1S/C11H16BrNO2/c1-7-4-5-15-10(7)11(14)13-9(3)6-8(2)12/h4-5,8-9H,6H2,1-3H3,(H,13,14). The van der Waals surface area contributed by atoms with Gasteiger partial charge in [-0.2, -0.15) is 0 Å². The van der Waals surface area contributed by atoms with Crippen LogP contribution in [0.2, 0.25) is 0 Å². The van der Waals surface area contributed by atoms with Crippen LogP contribution in [-0.2, 0) is 0 Å². The van der Waals surface area contributed by atoms with Crippen molar-refractivity contribution in [2.45, 2.75) is 38.1 Å². The molecule has 1 rings (SSSR count). The molecule has 1 amide bonds. The highest BCUT2D eigenvalue weighted by molar-refractivity contribution is 9.09. The minimum absolute atomic E-state index is 0.136. The van der Waals surface area contributed by atoms with E-state index in [1.807, 2.05) is 13.8 Å². The molecule has 0 saturated carbocycles. The van der Waals surface area contributed by atoms with Crippen molar-refractivity contribution >= 4 is 21.8 Å². The first-order valence-corrected chi connectivity index (χ1v) is 5.91. The SMILES string of the molecule is Cc1ccoc1C(=O)NC(C)CC(C)Br. The van der Waals surface area contributed by atoms with Crippen LogP contribution in [0.4, 0.5) is 0 Å². The van der Waals surface area contributed by atoms with Gasteiger partial charge in [0.1, 0.15) is 0 Å². The molecule has 0 aliphatic carbocycles. The van der Waals surface area contributed by atoms with E-state index in [0.29, 0.717) is 10.6 Å². The van der Waals surface area contributed by atoms with Crippen LogP contribution in [0.5, 0.6) is 0 Å². The van der Waals surface area contributed by atoms with E-state index in [0.717, 1.165) is 12.0 Å². The van der Waals surface area contributed by atoms with E-state index in [-0.39, 0.29) is 11.9 Å². The number of halogens is 1. The molecule has 1 heterocycles. The van der Waals surface area contributed by atoms with Crippen LogP contribution in [0.15, 0.2) is 16.7 Å². The van der Waals surface area contributed by atoms with Gasteiger partial charge in [0.15, 0.2) is 5.76 Å². The van der Waals surface area contributed by atoms with Gasteiger partial charge < -0.3 is 9.73 Å². The lowest BCUT2D eigenvalue weighted by Crippen LogP contribution is -2.33. The van der Waals surface area contributed by atoms with E-state index in [1.165, 1.54) is 6.26 Å². The summed E-state index contributed by atoms with van der Waals surface area (Å²) in [6.45, 7) is 5.89. The number of rotatable bonds is 4. The van der Waals surface area contributed by atoms with E-state index < -0.39 is 0 Å². The van der Waals surface area contributed by atoms with Crippen molar-refractivity contribution in [2.24, 2.45) is 0 Å². The van der Waals surface area contributed by atoms with E-state index in [1.54, 1.807) is 6.07 Å². The van der Waals surface area contributed by atoms with Crippen molar-refractivity contribution in [1.29, 1.82) is 0 Å². The maximum absolute atomic E-state index is 11.7. The Balaban J connectivity index is 2.53. The molecule has 2 unspecified atom stereocenters. The Morgan fingerprint density at radius 3 is 2.73 bits per heavy atom. The fourth-order valence-corrected chi connectivity index (χ4v) is 2.00. The minimum Gasteiger partial charge on any atom is -0.459 e. The molecule has 3 nitrogen and oxygen atoms in total. The predicted octanol–water partition coefficient (Wildman–Crippen LogP) is 2.88. The van der Waals surface area contributed by atoms with Crippen molar-refractivity contribution in [2.75, 3.05) is 0 Å². The molecule has 84 valence electrons. The average molecular weight is 274 g/mol. The molecule has 1 aromatic rings. The number of hydrogen-bond acceptors (Lipinski definition) is 2. The predicted molar refractivity (Wildman–Crippen MR) is 63.4 cm³/mol. The Kier molecular flexibility index (Phi) is 4.39. The maximum Gasteiger partial charge on any atom is 0.287 e. The lowest BCUT2D eigenvalue weighted by Gasteiger charge is -2.14. The van der Waals surface area contributed by atoms with Crippen molar-refractivity contribution < 1.29 is 9.21 Å². The van der Waals surface area contributed by atoms with Crippen LogP contribution in [0.3, 0.4) is 0 Å². The fraction of sp³-hybridized carbons (Fsp3) is 0.545. The van der Waals surface area contributed by atoms with Gasteiger partial charge >= 0.3 is 0 Å². The second-order valence-corrected chi connectivity index (χ2v) is 5.39. The summed E-state index contributed by atoms with van der Waals surface area (Å²) in [5, 5.41) is 2.89. The van der Waals surface area contributed by atoms with E-state index >= 15 is 0 Å². The highest BCUT2D eigenvalue weighted by Crippen LogP contribution is 2.10. The van der Waals surface area contributed by atoms with Crippen molar-refractivity contribution in [3.05, 3.63) is 23.7 Å². The Morgan fingerprint density at radius 1 is 1.60 bits per heavy atom. The molecule has 0 saturated heterocycles. The summed E-state index contributed by atoms with van der Waals surface area (Å²) >= 11 is 3.45. The van der Waals surface area contributed by atoms with Gasteiger partial charge in [0.05, 0.1) is 6.26 Å². The average Bonchev–Trinajstić information content (AvgIpc) is 2.49. The Morgan fingerprint density at radius 2 is 2.27 bits per heavy atom. The van der Waals surface area contributed by atoms with Crippen LogP contribution in [0.1, 0.15) is 36.4 Å². The number of amides is 1. The van der Waals surface area contributed by atoms with E-state index in [2.05, 4.69) is 28.2 Å². The molecule has 15 heavy (non-hydrogen) atoms. The monoisotopic (exact) mass is 273 g/mol. The summed E-state index contributed by atoms with van der Waals surface area (Å²) in [5.41, 5.74) is 0.867.